The Morgan fingerprint density at radius 2 is 1.67 bits per heavy atom. The zero-order valence-corrected chi connectivity index (χ0v) is 15.7. The fourth-order valence-corrected chi connectivity index (χ4v) is 2.77. The molecule has 0 spiro atoms. The molecule has 0 heterocycles. The van der Waals surface area contributed by atoms with Crippen LogP contribution >= 0.6 is 0 Å². The average molecular weight is 373 g/mol. The van der Waals surface area contributed by atoms with E-state index in [4.69, 9.17) is 9.47 Å². The average Bonchev–Trinajstić information content (AvgIpc) is 2.58. The number of hydrogen-bond acceptors (Lipinski definition) is 5. The minimum atomic E-state index is -2.32. The Kier molecular flexibility index (Phi) is 5.73. The Morgan fingerprint density at radius 3 is 2.26 bits per heavy atom. The minimum absolute atomic E-state index is 0.296. The van der Waals surface area contributed by atoms with Gasteiger partial charge in [-0.05, 0) is 37.1 Å². The summed E-state index contributed by atoms with van der Waals surface area (Å²) in [5, 5.41) is 13.7. The number of amides is 1. The van der Waals surface area contributed by atoms with Crippen LogP contribution in [0.5, 0.6) is 0 Å². The molecule has 2 aromatic carbocycles. The van der Waals surface area contributed by atoms with Gasteiger partial charge in [-0.1, -0.05) is 42.5 Å². The third-order valence-electron chi connectivity index (χ3n) is 3.95. The highest BCUT2D eigenvalue weighted by Gasteiger charge is 2.50. The van der Waals surface area contributed by atoms with Crippen molar-refractivity contribution in [1.82, 2.24) is 5.32 Å². The van der Waals surface area contributed by atoms with Crippen LogP contribution in [0.3, 0.4) is 0 Å². The first-order valence-electron chi connectivity index (χ1n) is 8.39. The predicted molar refractivity (Wildman–Crippen MR) is 99.4 cm³/mol. The molecule has 27 heavy (non-hydrogen) atoms. The quantitative estimate of drug-likeness (QED) is 0.617. The lowest BCUT2D eigenvalue weighted by Crippen LogP contribution is -2.62. The maximum Gasteiger partial charge on any atom is 0.409 e. The van der Waals surface area contributed by atoms with Crippen molar-refractivity contribution in [2.24, 2.45) is 0 Å². The van der Waals surface area contributed by atoms with E-state index in [1.54, 1.807) is 32.9 Å². The lowest BCUT2D eigenvalue weighted by atomic mass is 9.88. The third kappa shape index (κ3) is 4.55. The van der Waals surface area contributed by atoms with Crippen molar-refractivity contribution >= 4 is 28.8 Å². The molecule has 1 amide bonds. The number of nitrogens with one attached hydrogen (secondary N) is 1. The van der Waals surface area contributed by atoms with E-state index in [9.17, 15) is 19.5 Å². The zero-order chi connectivity index (χ0) is 20.2. The van der Waals surface area contributed by atoms with Crippen molar-refractivity contribution in [1.29, 1.82) is 0 Å². The number of carbonyl (C=O) groups is 3. The summed E-state index contributed by atoms with van der Waals surface area (Å²) in [6, 6.07) is 12.7. The fourth-order valence-electron chi connectivity index (χ4n) is 2.77. The molecule has 7 nitrogen and oxygen atoms in total. The number of rotatable bonds is 5. The topological polar surface area (TPSA) is 102 Å². The van der Waals surface area contributed by atoms with Crippen LogP contribution < -0.4 is 5.32 Å². The maximum absolute atomic E-state index is 12.4. The summed E-state index contributed by atoms with van der Waals surface area (Å²) < 4.78 is 9.84. The molecule has 0 radical (unpaired) electrons. The summed E-state index contributed by atoms with van der Waals surface area (Å²) in [6.45, 7) is 4.91. The smallest absolute Gasteiger partial charge is 0.409 e. The van der Waals surface area contributed by atoms with E-state index < -0.39 is 29.2 Å². The molecule has 7 heteroatoms. The van der Waals surface area contributed by atoms with E-state index in [0.29, 0.717) is 5.56 Å². The Morgan fingerprint density at radius 1 is 1.04 bits per heavy atom. The van der Waals surface area contributed by atoms with Gasteiger partial charge >= 0.3 is 18.0 Å². The first-order chi connectivity index (χ1) is 12.6. The Hall–Kier alpha value is -3.09. The predicted octanol–water partition coefficient (Wildman–Crippen LogP) is 2.90. The molecule has 144 valence electrons. The first-order valence-corrected chi connectivity index (χ1v) is 8.39. The van der Waals surface area contributed by atoms with Gasteiger partial charge in [-0.2, -0.15) is 0 Å². The van der Waals surface area contributed by atoms with E-state index >= 15 is 0 Å². The normalized spacial score (nSPS) is 13.5. The monoisotopic (exact) mass is 373 g/mol. The summed E-state index contributed by atoms with van der Waals surface area (Å²) in [5.41, 5.74) is -2.59. The van der Waals surface area contributed by atoms with Crippen LogP contribution in [-0.2, 0) is 25.5 Å². The number of hydrogen-bond donors (Lipinski definition) is 2. The van der Waals surface area contributed by atoms with E-state index in [1.165, 1.54) is 0 Å². The number of carbonyl (C=O) groups excluding carboxylic acids is 2. The molecular formula is C20H23NO6. The Labute approximate surface area is 157 Å². The van der Waals surface area contributed by atoms with Gasteiger partial charge in [0, 0.05) is 6.42 Å². The van der Waals surface area contributed by atoms with Crippen LogP contribution in [-0.4, -0.2) is 41.4 Å². The molecule has 1 unspecified atom stereocenters. The fraction of sp³-hybridized carbons (Fsp3) is 0.350. The molecule has 0 saturated carbocycles. The van der Waals surface area contributed by atoms with Gasteiger partial charge in [0.15, 0.2) is 0 Å². The molecule has 2 aromatic rings. The van der Waals surface area contributed by atoms with Gasteiger partial charge < -0.3 is 14.6 Å². The van der Waals surface area contributed by atoms with Gasteiger partial charge in [0.05, 0.1) is 7.11 Å². The number of ether oxygens (including phenoxy) is 2. The molecule has 0 aliphatic heterocycles. The first kappa shape index (κ1) is 20.2. The zero-order valence-electron chi connectivity index (χ0n) is 15.7. The Balaban J connectivity index is 2.50. The number of benzene rings is 2. The van der Waals surface area contributed by atoms with Gasteiger partial charge in [-0.3, -0.25) is 5.32 Å². The summed E-state index contributed by atoms with van der Waals surface area (Å²) in [7, 11) is 1.07. The maximum atomic E-state index is 12.4. The number of fused-ring (bicyclic) bond motifs is 1. The molecule has 2 N–H and O–H groups in total. The summed E-state index contributed by atoms with van der Waals surface area (Å²) in [6.07, 6.45) is -1.31. The second-order valence-corrected chi connectivity index (χ2v) is 7.14. The number of alkyl carbamates (subject to hydrolysis) is 1. The van der Waals surface area contributed by atoms with Crippen LogP contribution in [0, 0.1) is 0 Å². The van der Waals surface area contributed by atoms with Gasteiger partial charge in [-0.15, -0.1) is 0 Å². The van der Waals surface area contributed by atoms with Crippen LogP contribution in [0.15, 0.2) is 42.5 Å². The van der Waals surface area contributed by atoms with Gasteiger partial charge in [0.2, 0.25) is 5.54 Å². The highest BCUT2D eigenvalue weighted by molar-refractivity contribution is 6.07. The number of esters is 1. The standard InChI is InChI=1S/C20H23NO6/c1-19(2,3)27-18(25)21-20(16(22)23,17(24)26-4)12-14-10-7-9-13-8-5-6-11-15(13)14/h5-11H,12H2,1-4H3,(H,21,25)(H,22,23). The van der Waals surface area contributed by atoms with Crippen LogP contribution in [0.4, 0.5) is 4.79 Å². The highest BCUT2D eigenvalue weighted by atomic mass is 16.6. The van der Waals surface area contributed by atoms with Crippen molar-refractivity contribution in [2.45, 2.75) is 38.3 Å². The molecule has 0 saturated heterocycles. The largest absolute Gasteiger partial charge is 0.479 e. The molecule has 0 aromatic heterocycles. The van der Waals surface area contributed by atoms with Gasteiger partial charge in [-0.25, -0.2) is 14.4 Å². The van der Waals surface area contributed by atoms with Crippen molar-refractivity contribution in [3.63, 3.8) is 0 Å². The summed E-state index contributed by atoms with van der Waals surface area (Å²) in [5.74, 6) is -2.62. The summed E-state index contributed by atoms with van der Waals surface area (Å²) >= 11 is 0. The van der Waals surface area contributed by atoms with Crippen LogP contribution in [0.2, 0.25) is 0 Å². The van der Waals surface area contributed by atoms with Crippen molar-refractivity contribution < 1.29 is 29.0 Å². The van der Waals surface area contributed by atoms with E-state index in [-0.39, 0.29) is 6.42 Å². The molecular weight excluding hydrogens is 350 g/mol. The number of carboxylic acids is 1. The van der Waals surface area contributed by atoms with Crippen LogP contribution in [0.25, 0.3) is 10.8 Å². The molecule has 1 atom stereocenters. The highest BCUT2D eigenvalue weighted by Crippen LogP contribution is 2.25. The minimum Gasteiger partial charge on any atom is -0.479 e. The molecule has 2 rings (SSSR count). The molecule has 0 aliphatic rings. The van der Waals surface area contributed by atoms with Crippen molar-refractivity contribution in [2.75, 3.05) is 7.11 Å². The second kappa shape index (κ2) is 7.65. The van der Waals surface area contributed by atoms with Crippen LogP contribution in [0.1, 0.15) is 26.3 Å². The van der Waals surface area contributed by atoms with Crippen molar-refractivity contribution in [3.8, 4) is 0 Å². The lowest BCUT2D eigenvalue weighted by molar-refractivity contribution is -0.161. The van der Waals surface area contributed by atoms with Crippen molar-refractivity contribution in [3.05, 3.63) is 48.0 Å². The van der Waals surface area contributed by atoms with E-state index in [1.807, 2.05) is 30.3 Å². The molecule has 0 aliphatic carbocycles. The van der Waals surface area contributed by atoms with Gasteiger partial charge in [0.25, 0.3) is 0 Å². The Bertz CT molecular complexity index is 865. The second-order valence-electron chi connectivity index (χ2n) is 7.14. The molecule has 0 bridgehead atoms. The SMILES string of the molecule is COC(=O)C(Cc1cccc2ccccc12)(NC(=O)OC(C)(C)C)C(=O)O. The van der Waals surface area contributed by atoms with E-state index in [0.717, 1.165) is 17.9 Å². The van der Waals surface area contributed by atoms with Gasteiger partial charge in [0.1, 0.15) is 5.60 Å². The lowest BCUT2D eigenvalue weighted by Gasteiger charge is -2.29. The number of carboxylic acid groups (broad SMARTS) is 1. The molecule has 0 fully saturated rings. The number of methoxy groups -OCH3 is 1. The van der Waals surface area contributed by atoms with E-state index in [2.05, 4.69) is 5.32 Å². The summed E-state index contributed by atoms with van der Waals surface area (Å²) in [4.78, 5) is 36.8. The number of aliphatic carboxylic acids is 1. The third-order valence-corrected chi connectivity index (χ3v) is 3.95.